The molecule has 1 fully saturated rings. The van der Waals surface area contributed by atoms with E-state index in [0.29, 0.717) is 12.6 Å². The van der Waals surface area contributed by atoms with E-state index in [2.05, 4.69) is 5.32 Å². The predicted octanol–water partition coefficient (Wildman–Crippen LogP) is 2.71. The van der Waals surface area contributed by atoms with Crippen molar-refractivity contribution < 1.29 is 9.53 Å². The van der Waals surface area contributed by atoms with Gasteiger partial charge in [-0.05, 0) is 37.1 Å². The van der Waals surface area contributed by atoms with E-state index in [1.165, 1.54) is 12.8 Å². The molecule has 1 aromatic carbocycles. The summed E-state index contributed by atoms with van der Waals surface area (Å²) in [5, 5.41) is 4.22. The molecule has 20 heavy (non-hydrogen) atoms. The van der Waals surface area contributed by atoms with Gasteiger partial charge in [-0.1, -0.05) is 12.8 Å². The number of nitrogens with one attached hydrogen (secondary N) is 1. The first kappa shape index (κ1) is 13.0. The van der Waals surface area contributed by atoms with Gasteiger partial charge in [-0.25, -0.2) is 0 Å². The van der Waals surface area contributed by atoms with Gasteiger partial charge in [0.15, 0.2) is 0 Å². The van der Waals surface area contributed by atoms with Crippen molar-refractivity contribution in [3.63, 3.8) is 0 Å². The number of amides is 1. The second kappa shape index (κ2) is 5.57. The van der Waals surface area contributed by atoms with E-state index in [9.17, 15) is 4.79 Å². The molecule has 1 saturated carbocycles. The summed E-state index contributed by atoms with van der Waals surface area (Å²) >= 11 is 0. The Morgan fingerprint density at radius 2 is 2.15 bits per heavy atom. The Morgan fingerprint density at radius 1 is 1.35 bits per heavy atom. The third kappa shape index (κ3) is 2.64. The van der Waals surface area contributed by atoms with Crippen molar-refractivity contribution in [1.82, 2.24) is 9.88 Å². The number of hydrogen-bond acceptors (Lipinski definition) is 2. The highest BCUT2D eigenvalue weighted by molar-refractivity contribution is 5.84. The van der Waals surface area contributed by atoms with Gasteiger partial charge in [-0.3, -0.25) is 4.79 Å². The average molecular weight is 272 g/mol. The zero-order chi connectivity index (χ0) is 13.9. The monoisotopic (exact) mass is 272 g/mol. The van der Waals surface area contributed by atoms with Crippen LogP contribution in [0.1, 0.15) is 25.7 Å². The fourth-order valence-electron chi connectivity index (χ4n) is 2.94. The number of fused-ring (bicyclic) bond motifs is 1. The van der Waals surface area contributed by atoms with E-state index >= 15 is 0 Å². The van der Waals surface area contributed by atoms with E-state index in [0.717, 1.165) is 29.5 Å². The molecular weight excluding hydrogens is 252 g/mol. The minimum Gasteiger partial charge on any atom is -0.497 e. The molecule has 1 amide bonds. The number of benzene rings is 1. The molecule has 1 heterocycles. The zero-order valence-electron chi connectivity index (χ0n) is 11.8. The number of methoxy groups -OCH3 is 1. The number of ether oxygens (including phenoxy) is 1. The Kier molecular flexibility index (Phi) is 3.63. The zero-order valence-corrected chi connectivity index (χ0v) is 11.8. The predicted molar refractivity (Wildman–Crippen MR) is 78.9 cm³/mol. The lowest BCUT2D eigenvalue weighted by Gasteiger charge is -2.12. The van der Waals surface area contributed by atoms with E-state index < -0.39 is 0 Å². The fourth-order valence-corrected chi connectivity index (χ4v) is 2.94. The van der Waals surface area contributed by atoms with Crippen LogP contribution in [0.5, 0.6) is 5.75 Å². The quantitative estimate of drug-likeness (QED) is 0.930. The van der Waals surface area contributed by atoms with Crippen LogP contribution in [0, 0.1) is 0 Å². The lowest BCUT2D eigenvalue weighted by molar-refractivity contribution is -0.122. The first-order valence-corrected chi connectivity index (χ1v) is 7.18. The summed E-state index contributed by atoms with van der Waals surface area (Å²) in [7, 11) is 1.66. The van der Waals surface area contributed by atoms with Gasteiger partial charge in [0.05, 0.1) is 7.11 Å². The highest BCUT2D eigenvalue weighted by atomic mass is 16.5. The van der Waals surface area contributed by atoms with Crippen LogP contribution in [0.3, 0.4) is 0 Å². The van der Waals surface area contributed by atoms with E-state index in [4.69, 9.17) is 4.74 Å². The SMILES string of the molecule is COc1ccc2c(ccn2CC(=O)NC2CCCC2)c1. The molecule has 1 aliphatic rings. The molecule has 0 saturated heterocycles. The topological polar surface area (TPSA) is 43.3 Å². The van der Waals surface area contributed by atoms with Gasteiger partial charge >= 0.3 is 0 Å². The molecule has 0 atom stereocenters. The lowest BCUT2D eigenvalue weighted by Crippen LogP contribution is -2.35. The number of carbonyl (C=O) groups is 1. The molecule has 1 aromatic heterocycles. The van der Waals surface area contributed by atoms with Gasteiger partial charge < -0.3 is 14.6 Å². The number of hydrogen-bond donors (Lipinski definition) is 1. The third-order valence-corrected chi connectivity index (χ3v) is 4.01. The Labute approximate surface area is 118 Å². The third-order valence-electron chi connectivity index (χ3n) is 4.01. The molecular formula is C16H20N2O2. The van der Waals surface area contributed by atoms with Crippen molar-refractivity contribution in [3.8, 4) is 5.75 Å². The number of aromatic nitrogens is 1. The highest BCUT2D eigenvalue weighted by Crippen LogP contribution is 2.22. The molecule has 0 radical (unpaired) electrons. The summed E-state index contributed by atoms with van der Waals surface area (Å²) < 4.78 is 7.20. The van der Waals surface area contributed by atoms with Crippen molar-refractivity contribution in [3.05, 3.63) is 30.5 Å². The Bertz CT molecular complexity index is 612. The molecule has 3 rings (SSSR count). The minimum atomic E-state index is 0.102. The molecule has 1 N–H and O–H groups in total. The Morgan fingerprint density at radius 3 is 2.90 bits per heavy atom. The van der Waals surface area contributed by atoms with Crippen molar-refractivity contribution in [1.29, 1.82) is 0 Å². The van der Waals surface area contributed by atoms with E-state index in [-0.39, 0.29) is 5.91 Å². The van der Waals surface area contributed by atoms with Crippen LogP contribution >= 0.6 is 0 Å². The van der Waals surface area contributed by atoms with Gasteiger partial charge in [0.25, 0.3) is 0 Å². The summed E-state index contributed by atoms with van der Waals surface area (Å²) in [5.41, 5.74) is 1.06. The normalized spacial score (nSPS) is 15.7. The summed E-state index contributed by atoms with van der Waals surface area (Å²) in [5.74, 6) is 0.941. The second-order valence-corrected chi connectivity index (χ2v) is 5.42. The lowest BCUT2D eigenvalue weighted by atomic mass is 10.2. The molecule has 4 heteroatoms. The summed E-state index contributed by atoms with van der Waals surface area (Å²) in [4.78, 5) is 12.1. The van der Waals surface area contributed by atoms with Crippen LogP contribution in [0.15, 0.2) is 30.5 Å². The number of nitrogens with zero attached hydrogens (tertiary/aromatic N) is 1. The number of rotatable bonds is 4. The fraction of sp³-hybridized carbons (Fsp3) is 0.438. The van der Waals surface area contributed by atoms with Crippen LogP contribution in [0.25, 0.3) is 10.9 Å². The number of carbonyl (C=O) groups excluding carboxylic acids is 1. The van der Waals surface area contributed by atoms with E-state index in [1.54, 1.807) is 7.11 Å². The summed E-state index contributed by atoms with van der Waals surface area (Å²) in [6, 6.07) is 8.30. The van der Waals surface area contributed by atoms with Crippen molar-refractivity contribution in [2.75, 3.05) is 7.11 Å². The molecule has 0 aliphatic heterocycles. The van der Waals surface area contributed by atoms with Gasteiger partial charge in [-0.15, -0.1) is 0 Å². The molecule has 4 nitrogen and oxygen atoms in total. The largest absolute Gasteiger partial charge is 0.497 e. The standard InChI is InChI=1S/C16H20N2O2/c1-20-14-6-7-15-12(10-14)8-9-18(15)11-16(19)17-13-4-2-3-5-13/h6-10,13H,2-5,11H2,1H3,(H,17,19). The molecule has 0 bridgehead atoms. The maximum atomic E-state index is 12.1. The average Bonchev–Trinajstić information content (AvgIpc) is 3.08. The van der Waals surface area contributed by atoms with Crippen LogP contribution in [-0.2, 0) is 11.3 Å². The Hall–Kier alpha value is -1.97. The van der Waals surface area contributed by atoms with Crippen LogP contribution in [0.4, 0.5) is 0 Å². The first-order valence-electron chi connectivity index (χ1n) is 7.18. The molecule has 106 valence electrons. The summed E-state index contributed by atoms with van der Waals surface area (Å²) in [6.07, 6.45) is 6.66. The molecule has 0 spiro atoms. The maximum Gasteiger partial charge on any atom is 0.240 e. The summed E-state index contributed by atoms with van der Waals surface area (Å²) in [6.45, 7) is 0.381. The van der Waals surface area contributed by atoms with Crippen LogP contribution in [-0.4, -0.2) is 23.6 Å². The van der Waals surface area contributed by atoms with Crippen molar-refractivity contribution >= 4 is 16.8 Å². The van der Waals surface area contributed by atoms with Gasteiger partial charge in [0, 0.05) is 23.1 Å². The Balaban J connectivity index is 1.72. The van der Waals surface area contributed by atoms with Crippen LogP contribution in [0.2, 0.25) is 0 Å². The first-order chi connectivity index (χ1) is 9.76. The second-order valence-electron chi connectivity index (χ2n) is 5.42. The van der Waals surface area contributed by atoms with Gasteiger partial charge in [0.2, 0.25) is 5.91 Å². The smallest absolute Gasteiger partial charge is 0.240 e. The molecule has 2 aromatic rings. The van der Waals surface area contributed by atoms with Crippen molar-refractivity contribution in [2.24, 2.45) is 0 Å². The highest BCUT2D eigenvalue weighted by Gasteiger charge is 2.17. The molecule has 1 aliphatic carbocycles. The minimum absolute atomic E-state index is 0.102. The van der Waals surface area contributed by atoms with Gasteiger partial charge in [-0.2, -0.15) is 0 Å². The molecule has 0 unspecified atom stereocenters. The van der Waals surface area contributed by atoms with E-state index in [1.807, 2.05) is 35.0 Å². The maximum absolute atomic E-state index is 12.1. The van der Waals surface area contributed by atoms with Gasteiger partial charge in [0.1, 0.15) is 12.3 Å². The van der Waals surface area contributed by atoms with Crippen LogP contribution < -0.4 is 10.1 Å². The van der Waals surface area contributed by atoms with Crippen molar-refractivity contribution in [2.45, 2.75) is 38.3 Å².